The summed E-state index contributed by atoms with van der Waals surface area (Å²) in [5.74, 6) is 8.75. The van der Waals surface area contributed by atoms with Crippen LogP contribution >= 0.6 is 0 Å². The minimum absolute atomic E-state index is 0. The fraction of sp³-hybridized carbons (Fsp3) is 0.895. The Morgan fingerprint density at radius 1 is 0.909 bits per heavy atom. The molecule has 0 saturated heterocycles. The van der Waals surface area contributed by atoms with Crippen LogP contribution in [0.1, 0.15) is 90.4 Å². The first-order valence-electron chi connectivity index (χ1n) is 9.54. The van der Waals surface area contributed by atoms with Gasteiger partial charge in [-0.1, -0.05) is 77.6 Å². The number of unbranched alkanes of at least 4 members (excludes halogenated alkanes) is 2. The Morgan fingerprint density at radius 3 is 1.82 bits per heavy atom. The molecule has 0 bridgehead atoms. The van der Waals surface area contributed by atoms with Gasteiger partial charge in [-0.3, -0.25) is 5.82 Å². The summed E-state index contributed by atoms with van der Waals surface area (Å²) in [4.78, 5) is 0. The van der Waals surface area contributed by atoms with Crippen molar-refractivity contribution in [3.63, 3.8) is 0 Å². The third kappa shape index (κ3) is 5.09. The molecule has 0 N–H and O–H groups in total. The minimum atomic E-state index is -0.917. The van der Waals surface area contributed by atoms with E-state index in [2.05, 4.69) is 18.7 Å². The van der Waals surface area contributed by atoms with Crippen molar-refractivity contribution in [3.05, 3.63) is 0 Å². The molecule has 0 atom stereocenters. The summed E-state index contributed by atoms with van der Waals surface area (Å²) >= 11 is 0. The molecule has 0 unspecified atom stereocenters. The maximum absolute atomic E-state index is 6.29. The summed E-state index contributed by atoms with van der Waals surface area (Å²) in [7, 11) is 1.96. The van der Waals surface area contributed by atoms with Gasteiger partial charge >= 0.3 is 18.9 Å². The molecule has 2 fully saturated rings. The SMILES string of the molecule is CCCCC#C[B-](OC)(C1CCCCC1)C1CCCCC1.[Li+]. The molecule has 0 aromatic rings. The summed E-state index contributed by atoms with van der Waals surface area (Å²) < 4.78 is 6.29. The maximum atomic E-state index is 6.29. The van der Waals surface area contributed by atoms with E-state index in [1.165, 1.54) is 77.0 Å². The molecular weight excluding hydrogens is 262 g/mol. The van der Waals surface area contributed by atoms with Gasteiger partial charge in [0, 0.05) is 6.42 Å². The zero-order chi connectivity index (χ0) is 15.0. The predicted octanol–water partition coefficient (Wildman–Crippen LogP) is 2.98. The topological polar surface area (TPSA) is 9.23 Å². The molecule has 0 aromatic heterocycles. The van der Waals surface area contributed by atoms with E-state index in [-0.39, 0.29) is 18.9 Å². The Balaban J connectivity index is 0.00000242. The van der Waals surface area contributed by atoms with Gasteiger partial charge in [0.2, 0.25) is 0 Å². The molecule has 2 aliphatic rings. The van der Waals surface area contributed by atoms with E-state index in [4.69, 9.17) is 4.65 Å². The van der Waals surface area contributed by atoms with Crippen LogP contribution in [-0.4, -0.2) is 13.5 Å². The van der Waals surface area contributed by atoms with Crippen LogP contribution in [0.15, 0.2) is 0 Å². The Kier molecular flexibility index (Phi) is 9.99. The van der Waals surface area contributed by atoms with Crippen molar-refractivity contribution < 1.29 is 23.5 Å². The fourth-order valence-electron chi connectivity index (χ4n) is 4.82. The number of rotatable bonds is 5. The molecule has 2 aliphatic carbocycles. The maximum Gasteiger partial charge on any atom is 1.00 e. The quantitative estimate of drug-likeness (QED) is 0.430. The Hall–Kier alpha value is 0.182. The molecule has 2 saturated carbocycles. The van der Waals surface area contributed by atoms with Gasteiger partial charge in [-0.25, -0.2) is 0 Å². The Bertz CT molecular complexity index is 330. The van der Waals surface area contributed by atoms with Crippen molar-refractivity contribution in [1.29, 1.82) is 0 Å². The van der Waals surface area contributed by atoms with Gasteiger partial charge < -0.3 is 4.65 Å². The van der Waals surface area contributed by atoms with E-state index in [1.807, 2.05) is 7.11 Å². The molecule has 120 valence electrons. The van der Waals surface area contributed by atoms with Crippen molar-refractivity contribution in [3.8, 4) is 11.7 Å². The fourth-order valence-corrected chi connectivity index (χ4v) is 4.82. The van der Waals surface area contributed by atoms with Crippen LogP contribution in [0.2, 0.25) is 11.6 Å². The zero-order valence-corrected chi connectivity index (χ0v) is 15.3. The van der Waals surface area contributed by atoms with Crippen LogP contribution in [0.25, 0.3) is 0 Å². The monoisotopic (exact) mass is 296 g/mol. The van der Waals surface area contributed by atoms with E-state index in [0.717, 1.165) is 18.1 Å². The smallest absolute Gasteiger partial charge is 0.582 e. The van der Waals surface area contributed by atoms with Crippen molar-refractivity contribution in [2.75, 3.05) is 7.11 Å². The third-order valence-electron chi connectivity index (χ3n) is 6.07. The van der Waals surface area contributed by atoms with E-state index in [0.29, 0.717) is 0 Å². The summed E-state index contributed by atoms with van der Waals surface area (Å²) in [5.41, 5.74) is 0. The molecule has 22 heavy (non-hydrogen) atoms. The van der Waals surface area contributed by atoms with Crippen LogP contribution < -0.4 is 18.9 Å². The van der Waals surface area contributed by atoms with Gasteiger partial charge in [0.05, 0.1) is 0 Å². The zero-order valence-electron chi connectivity index (χ0n) is 15.3. The average Bonchev–Trinajstić information content (AvgIpc) is 2.57. The molecule has 0 aromatic carbocycles. The average molecular weight is 296 g/mol. The van der Waals surface area contributed by atoms with Crippen molar-refractivity contribution in [2.45, 2.75) is 102 Å². The molecule has 1 nitrogen and oxygen atoms in total. The van der Waals surface area contributed by atoms with Crippen LogP contribution in [0.4, 0.5) is 0 Å². The second-order valence-electron chi connectivity index (χ2n) is 7.37. The minimum Gasteiger partial charge on any atom is -0.582 e. The van der Waals surface area contributed by atoms with Gasteiger partial charge in [0.25, 0.3) is 0 Å². The molecular formula is C19H34BLiO. The molecule has 2 rings (SSSR count). The van der Waals surface area contributed by atoms with Crippen LogP contribution in [-0.2, 0) is 4.65 Å². The van der Waals surface area contributed by atoms with Crippen molar-refractivity contribution >= 4 is 6.35 Å². The number of hydrogen-bond acceptors (Lipinski definition) is 1. The van der Waals surface area contributed by atoms with Crippen molar-refractivity contribution in [1.82, 2.24) is 0 Å². The van der Waals surface area contributed by atoms with Crippen molar-refractivity contribution in [2.24, 2.45) is 0 Å². The van der Waals surface area contributed by atoms with Crippen LogP contribution in [0, 0.1) is 11.7 Å². The first-order valence-corrected chi connectivity index (χ1v) is 9.54. The largest absolute Gasteiger partial charge is 1.00 e. The van der Waals surface area contributed by atoms with Crippen LogP contribution in [0.3, 0.4) is 0 Å². The van der Waals surface area contributed by atoms with Gasteiger partial charge in [0.15, 0.2) is 6.35 Å². The molecule has 0 aliphatic heterocycles. The summed E-state index contributed by atoms with van der Waals surface area (Å²) in [5, 5.41) is 0. The second-order valence-corrected chi connectivity index (χ2v) is 7.37. The van der Waals surface area contributed by atoms with E-state index < -0.39 is 6.35 Å². The summed E-state index contributed by atoms with van der Waals surface area (Å²) in [6.45, 7) is 2.25. The first-order chi connectivity index (χ1) is 10.3. The predicted molar refractivity (Wildman–Crippen MR) is 93.7 cm³/mol. The van der Waals surface area contributed by atoms with Gasteiger partial charge in [0.1, 0.15) is 0 Å². The molecule has 3 heteroatoms. The summed E-state index contributed by atoms with van der Waals surface area (Å²) in [6, 6.07) is 0. The van der Waals surface area contributed by atoms with E-state index in [9.17, 15) is 0 Å². The van der Waals surface area contributed by atoms with Gasteiger partial charge in [-0.15, -0.1) is 17.6 Å². The van der Waals surface area contributed by atoms with Gasteiger partial charge in [-0.05, 0) is 13.5 Å². The molecule has 0 amide bonds. The van der Waals surface area contributed by atoms with Crippen LogP contribution in [0.5, 0.6) is 0 Å². The van der Waals surface area contributed by atoms with E-state index >= 15 is 0 Å². The molecule has 0 spiro atoms. The Morgan fingerprint density at radius 2 is 1.41 bits per heavy atom. The first kappa shape index (κ1) is 20.2. The normalized spacial score (nSPS) is 20.8. The molecule has 0 radical (unpaired) electrons. The Labute approximate surface area is 150 Å². The van der Waals surface area contributed by atoms with Gasteiger partial charge in [-0.2, -0.15) is 0 Å². The second kappa shape index (κ2) is 10.9. The molecule has 0 heterocycles. The number of hydrogen-bond donors (Lipinski definition) is 0. The summed E-state index contributed by atoms with van der Waals surface area (Å²) in [6.07, 6.45) is 16.4. The van der Waals surface area contributed by atoms with E-state index in [1.54, 1.807) is 0 Å². The third-order valence-corrected chi connectivity index (χ3v) is 6.07. The standard InChI is InChI=1S/C19H34BO.Li/c1-3-4-5-12-17-20(21-2,18-13-8-6-9-14-18)19-15-10-7-11-16-19;/h18-19H,3-11,13-16H2,1-2H3;/q-1;+1.